The van der Waals surface area contributed by atoms with Gasteiger partial charge in [-0.15, -0.1) is 11.3 Å². The molecule has 0 bridgehead atoms. The van der Waals surface area contributed by atoms with Crippen molar-refractivity contribution in [3.63, 3.8) is 0 Å². The van der Waals surface area contributed by atoms with E-state index in [1.54, 1.807) is 0 Å². The Morgan fingerprint density at radius 1 is 1.16 bits per heavy atom. The number of thiazole rings is 1. The molecule has 3 aromatic rings. The van der Waals surface area contributed by atoms with E-state index < -0.39 is 11.7 Å². The lowest BCUT2D eigenvalue weighted by Gasteiger charge is -2.05. The van der Waals surface area contributed by atoms with Gasteiger partial charge in [-0.25, -0.2) is 9.37 Å². The summed E-state index contributed by atoms with van der Waals surface area (Å²) in [6, 6.07) is 10.3. The fourth-order valence-corrected chi connectivity index (χ4v) is 3.56. The maximum absolute atomic E-state index is 13.9. The second kappa shape index (κ2) is 6.94. The van der Waals surface area contributed by atoms with Crippen molar-refractivity contribution in [3.05, 3.63) is 68.8 Å². The van der Waals surface area contributed by atoms with Crippen LogP contribution in [0.2, 0.25) is 5.02 Å². The molecule has 1 heterocycles. The number of hydrogen-bond donors (Lipinski definition) is 1. The molecule has 0 radical (unpaired) electrons. The van der Waals surface area contributed by atoms with E-state index in [4.69, 9.17) is 11.6 Å². The number of anilines is 1. The Morgan fingerprint density at radius 3 is 2.60 bits per heavy atom. The molecular formula is C19H16ClFN2OS. The van der Waals surface area contributed by atoms with E-state index in [9.17, 15) is 9.18 Å². The first kappa shape index (κ1) is 17.6. The third kappa shape index (κ3) is 3.57. The third-order valence-electron chi connectivity index (χ3n) is 3.99. The van der Waals surface area contributed by atoms with Gasteiger partial charge in [-0.2, -0.15) is 0 Å². The van der Waals surface area contributed by atoms with Crippen LogP contribution in [0.4, 0.5) is 9.52 Å². The first-order valence-electron chi connectivity index (χ1n) is 7.67. The fourth-order valence-electron chi connectivity index (χ4n) is 2.48. The van der Waals surface area contributed by atoms with Crippen LogP contribution in [0.15, 0.2) is 36.4 Å². The molecule has 0 unspecified atom stereocenters. The summed E-state index contributed by atoms with van der Waals surface area (Å²) in [5, 5.41) is 3.12. The highest BCUT2D eigenvalue weighted by Gasteiger charge is 2.18. The zero-order valence-corrected chi connectivity index (χ0v) is 15.6. The quantitative estimate of drug-likeness (QED) is 0.631. The molecule has 0 saturated heterocycles. The standard InChI is InChI=1S/C19H16ClFN2OS/c1-10-7-8-13(9-11(10)2)17-12(3)25-19(22-17)23-18(24)16-14(20)5-4-6-15(16)21/h4-9H,1-3H3,(H,22,23,24). The highest BCUT2D eigenvalue weighted by atomic mass is 35.5. The molecule has 128 valence electrons. The van der Waals surface area contributed by atoms with E-state index in [1.807, 2.05) is 26.0 Å². The van der Waals surface area contributed by atoms with E-state index in [0.717, 1.165) is 16.1 Å². The van der Waals surface area contributed by atoms with E-state index in [2.05, 4.69) is 23.3 Å². The summed E-state index contributed by atoms with van der Waals surface area (Å²) in [6.07, 6.45) is 0. The normalized spacial score (nSPS) is 10.8. The number of nitrogens with one attached hydrogen (secondary N) is 1. The number of halogens is 2. The van der Waals surface area contributed by atoms with Crippen LogP contribution in [0.1, 0.15) is 26.4 Å². The zero-order valence-electron chi connectivity index (χ0n) is 14.0. The van der Waals surface area contributed by atoms with Crippen LogP contribution in [-0.2, 0) is 0 Å². The monoisotopic (exact) mass is 374 g/mol. The average molecular weight is 375 g/mol. The van der Waals surface area contributed by atoms with Crippen LogP contribution in [0, 0.1) is 26.6 Å². The van der Waals surface area contributed by atoms with Gasteiger partial charge >= 0.3 is 0 Å². The number of amides is 1. The van der Waals surface area contributed by atoms with Crippen molar-refractivity contribution in [1.82, 2.24) is 4.98 Å². The predicted octanol–water partition coefficient (Wildman–Crippen LogP) is 5.78. The second-order valence-electron chi connectivity index (χ2n) is 5.77. The molecule has 3 nitrogen and oxygen atoms in total. The van der Waals surface area contributed by atoms with Gasteiger partial charge in [-0.05, 0) is 50.1 Å². The Labute approximate surface area is 154 Å². The summed E-state index contributed by atoms with van der Waals surface area (Å²) in [5.74, 6) is -1.27. The van der Waals surface area contributed by atoms with Crippen LogP contribution >= 0.6 is 22.9 Å². The SMILES string of the molecule is Cc1ccc(-c2nc(NC(=O)c3c(F)cccc3Cl)sc2C)cc1C. The van der Waals surface area contributed by atoms with Crippen molar-refractivity contribution >= 4 is 34.0 Å². The number of hydrogen-bond acceptors (Lipinski definition) is 3. The number of carbonyl (C=O) groups is 1. The van der Waals surface area contributed by atoms with Crippen molar-refractivity contribution in [2.24, 2.45) is 0 Å². The minimum atomic E-state index is -0.660. The molecular weight excluding hydrogens is 359 g/mol. The van der Waals surface area contributed by atoms with Gasteiger partial charge in [-0.1, -0.05) is 29.8 Å². The minimum Gasteiger partial charge on any atom is -0.298 e. The first-order chi connectivity index (χ1) is 11.9. The summed E-state index contributed by atoms with van der Waals surface area (Å²) >= 11 is 7.28. The van der Waals surface area contributed by atoms with Crippen LogP contribution in [-0.4, -0.2) is 10.9 Å². The number of aryl methyl sites for hydroxylation is 3. The largest absolute Gasteiger partial charge is 0.298 e. The number of nitrogens with zero attached hydrogens (tertiary/aromatic N) is 1. The molecule has 3 rings (SSSR count). The average Bonchev–Trinajstić information content (AvgIpc) is 2.90. The summed E-state index contributed by atoms with van der Waals surface area (Å²) < 4.78 is 13.9. The lowest BCUT2D eigenvalue weighted by Crippen LogP contribution is -2.14. The Morgan fingerprint density at radius 2 is 1.92 bits per heavy atom. The number of rotatable bonds is 3. The Bertz CT molecular complexity index is 948. The molecule has 1 amide bonds. The smallest absolute Gasteiger partial charge is 0.261 e. The molecule has 6 heteroatoms. The fraction of sp³-hybridized carbons (Fsp3) is 0.158. The van der Waals surface area contributed by atoms with Crippen LogP contribution in [0.5, 0.6) is 0 Å². The Kier molecular flexibility index (Phi) is 4.88. The van der Waals surface area contributed by atoms with Crippen LogP contribution in [0.3, 0.4) is 0 Å². The number of aromatic nitrogens is 1. The topological polar surface area (TPSA) is 42.0 Å². The molecule has 1 aromatic heterocycles. The van der Waals surface area contributed by atoms with E-state index >= 15 is 0 Å². The van der Waals surface area contributed by atoms with Crippen molar-refractivity contribution < 1.29 is 9.18 Å². The summed E-state index contributed by atoms with van der Waals surface area (Å²) in [6.45, 7) is 6.04. The maximum Gasteiger partial charge on any atom is 0.261 e. The van der Waals surface area contributed by atoms with Gasteiger partial charge in [-0.3, -0.25) is 10.1 Å². The molecule has 1 N–H and O–H groups in total. The molecule has 0 aliphatic heterocycles. The van der Waals surface area contributed by atoms with E-state index in [-0.39, 0.29) is 10.6 Å². The number of carbonyl (C=O) groups excluding carboxylic acids is 1. The lowest BCUT2D eigenvalue weighted by molar-refractivity contribution is 0.102. The van der Waals surface area contributed by atoms with Crippen molar-refractivity contribution in [2.75, 3.05) is 5.32 Å². The molecule has 0 spiro atoms. The molecule has 25 heavy (non-hydrogen) atoms. The third-order valence-corrected chi connectivity index (χ3v) is 5.19. The predicted molar refractivity (Wildman–Crippen MR) is 101 cm³/mol. The van der Waals surface area contributed by atoms with Crippen molar-refractivity contribution in [3.8, 4) is 11.3 Å². The highest BCUT2D eigenvalue weighted by Crippen LogP contribution is 2.32. The molecule has 0 aliphatic rings. The van der Waals surface area contributed by atoms with Gasteiger partial charge in [0.1, 0.15) is 5.82 Å². The van der Waals surface area contributed by atoms with E-state index in [0.29, 0.717) is 5.13 Å². The first-order valence-corrected chi connectivity index (χ1v) is 8.86. The van der Waals surface area contributed by atoms with Crippen molar-refractivity contribution in [1.29, 1.82) is 0 Å². The Hall–Kier alpha value is -2.24. The van der Waals surface area contributed by atoms with Crippen molar-refractivity contribution in [2.45, 2.75) is 20.8 Å². The molecule has 0 atom stereocenters. The maximum atomic E-state index is 13.9. The van der Waals surface area contributed by atoms with Gasteiger partial charge < -0.3 is 0 Å². The summed E-state index contributed by atoms with van der Waals surface area (Å²) in [4.78, 5) is 17.8. The van der Waals surface area contributed by atoms with Crippen LogP contribution in [0.25, 0.3) is 11.3 Å². The summed E-state index contributed by atoms with van der Waals surface area (Å²) in [5.41, 5.74) is 4.00. The second-order valence-corrected chi connectivity index (χ2v) is 7.38. The minimum absolute atomic E-state index is 0.0696. The molecule has 2 aromatic carbocycles. The summed E-state index contributed by atoms with van der Waals surface area (Å²) in [7, 11) is 0. The molecule has 0 fully saturated rings. The molecule has 0 saturated carbocycles. The Balaban J connectivity index is 1.90. The van der Waals surface area contributed by atoms with Gasteiger partial charge in [0, 0.05) is 10.4 Å². The van der Waals surface area contributed by atoms with Crippen LogP contribution < -0.4 is 5.32 Å². The van der Waals surface area contributed by atoms with Gasteiger partial charge in [0.25, 0.3) is 5.91 Å². The zero-order chi connectivity index (χ0) is 18.1. The molecule has 0 aliphatic carbocycles. The highest BCUT2D eigenvalue weighted by molar-refractivity contribution is 7.16. The van der Waals surface area contributed by atoms with Gasteiger partial charge in [0.05, 0.1) is 16.3 Å². The van der Waals surface area contributed by atoms with Gasteiger partial charge in [0.2, 0.25) is 0 Å². The lowest BCUT2D eigenvalue weighted by atomic mass is 10.0. The number of benzene rings is 2. The van der Waals surface area contributed by atoms with E-state index in [1.165, 1.54) is 40.7 Å². The van der Waals surface area contributed by atoms with Gasteiger partial charge in [0.15, 0.2) is 5.13 Å².